The summed E-state index contributed by atoms with van der Waals surface area (Å²) in [5.41, 5.74) is 1.39. The Morgan fingerprint density at radius 1 is 1.53 bits per heavy atom. The molecule has 2 nitrogen and oxygen atoms in total. The van der Waals surface area contributed by atoms with E-state index >= 15 is 0 Å². The second kappa shape index (κ2) is 6.04. The summed E-state index contributed by atoms with van der Waals surface area (Å²) in [6, 6.07) is 2.24. The lowest BCUT2D eigenvalue weighted by Gasteiger charge is -2.12. The maximum atomic E-state index is 10.1. The molecule has 0 radical (unpaired) electrons. The molecule has 0 unspecified atom stereocenters. The lowest BCUT2D eigenvalue weighted by Crippen LogP contribution is -2.06. The quantitative estimate of drug-likeness (QED) is 0.458. The molecule has 0 bridgehead atoms. The number of hydrogen-bond donors (Lipinski definition) is 0. The Morgan fingerprint density at radius 3 is 3.07 bits per heavy atom. The molecular formula is C9H12NOPS3. The highest BCUT2D eigenvalue weighted by Crippen LogP contribution is 2.35. The van der Waals surface area contributed by atoms with Crippen LogP contribution in [0.4, 0.5) is 0 Å². The lowest BCUT2D eigenvalue weighted by atomic mass is 9.99. The number of hydrogen-bond acceptors (Lipinski definition) is 4. The fourth-order valence-corrected chi connectivity index (χ4v) is 4.53. The molecule has 0 atom stereocenters. The van der Waals surface area contributed by atoms with Gasteiger partial charge in [0.05, 0.1) is 11.6 Å². The number of nitrogens with zero attached hydrogens (tertiary/aromatic N) is 1. The first-order valence-corrected chi connectivity index (χ1v) is 7.55. The minimum absolute atomic E-state index is 0. The van der Waals surface area contributed by atoms with Crippen LogP contribution in [0.3, 0.4) is 0 Å². The van der Waals surface area contributed by atoms with E-state index in [0.29, 0.717) is 0 Å². The van der Waals surface area contributed by atoms with Crippen molar-refractivity contribution in [3.8, 4) is 0 Å². The number of thiophene rings is 1. The summed E-state index contributed by atoms with van der Waals surface area (Å²) in [5, 5.41) is 1.38. The predicted molar refractivity (Wildman–Crippen MR) is 76.8 cm³/mol. The van der Waals surface area contributed by atoms with Crippen molar-refractivity contribution in [3.63, 3.8) is 0 Å². The van der Waals surface area contributed by atoms with Crippen molar-refractivity contribution in [1.29, 1.82) is 0 Å². The Kier molecular flexibility index (Phi) is 5.33. The molecule has 2 rings (SSSR count). The van der Waals surface area contributed by atoms with Gasteiger partial charge < -0.3 is 0 Å². The fraction of sp³-hybridized carbons (Fsp3) is 0.444. The maximum absolute atomic E-state index is 10.1. The number of aryl methyl sites for hydroxylation is 2. The van der Waals surface area contributed by atoms with Crippen LogP contribution < -0.4 is 0 Å². The summed E-state index contributed by atoms with van der Waals surface area (Å²) in [5.74, 6) is 0. The van der Waals surface area contributed by atoms with Gasteiger partial charge in [-0.3, -0.25) is 0 Å². The topological polar surface area (TPSA) is 29.4 Å². The molecule has 0 fully saturated rings. The van der Waals surface area contributed by atoms with Crippen LogP contribution in [0.5, 0.6) is 0 Å². The highest BCUT2D eigenvalue weighted by molar-refractivity contribution is 8.48. The molecule has 1 aromatic heterocycles. The van der Waals surface area contributed by atoms with Gasteiger partial charge in [-0.2, -0.15) is 13.5 Å². The zero-order valence-corrected chi connectivity index (χ0v) is 11.8. The highest BCUT2D eigenvalue weighted by Gasteiger charge is 2.16. The van der Waals surface area contributed by atoms with Crippen LogP contribution in [0.25, 0.3) is 0 Å². The Morgan fingerprint density at radius 2 is 2.33 bits per heavy atom. The molecule has 1 aliphatic carbocycles. The SMILES string of the molecule is Cc1cc2c(s1)CCCC2=PSN=O.S. The van der Waals surface area contributed by atoms with E-state index in [0.717, 1.165) is 25.4 Å². The fourth-order valence-electron chi connectivity index (χ4n) is 1.70. The van der Waals surface area contributed by atoms with Crippen molar-refractivity contribution in [2.75, 3.05) is 0 Å². The van der Waals surface area contributed by atoms with Crippen molar-refractivity contribution < 1.29 is 0 Å². The van der Waals surface area contributed by atoms with Crippen LogP contribution >= 0.6 is 43.8 Å². The van der Waals surface area contributed by atoms with E-state index in [-0.39, 0.29) is 13.5 Å². The van der Waals surface area contributed by atoms with Gasteiger partial charge in [0.2, 0.25) is 0 Å². The van der Waals surface area contributed by atoms with Crippen LogP contribution in [-0.2, 0) is 6.42 Å². The molecule has 0 N–H and O–H groups in total. The van der Waals surface area contributed by atoms with Crippen molar-refractivity contribution in [3.05, 3.63) is 26.3 Å². The molecule has 1 heterocycles. The minimum Gasteiger partial charge on any atom is -0.197 e. The van der Waals surface area contributed by atoms with Crippen molar-refractivity contribution in [2.45, 2.75) is 26.2 Å². The molecule has 0 spiro atoms. The minimum atomic E-state index is 0. The third-order valence-corrected chi connectivity index (χ3v) is 5.29. The van der Waals surface area contributed by atoms with Gasteiger partial charge >= 0.3 is 0 Å². The molecule has 6 heteroatoms. The van der Waals surface area contributed by atoms with Crippen LogP contribution in [0.15, 0.2) is 10.6 Å². The number of fused-ring (bicyclic) bond motifs is 1. The summed E-state index contributed by atoms with van der Waals surface area (Å²) in [6.45, 7) is 2.14. The predicted octanol–water partition coefficient (Wildman–Crippen LogP) is 4.30. The molecule has 1 aromatic rings. The van der Waals surface area contributed by atoms with E-state index in [1.54, 1.807) is 0 Å². The van der Waals surface area contributed by atoms with E-state index in [4.69, 9.17) is 0 Å². The van der Waals surface area contributed by atoms with Crippen molar-refractivity contribution in [2.24, 2.45) is 4.58 Å². The van der Waals surface area contributed by atoms with E-state index in [9.17, 15) is 4.91 Å². The van der Waals surface area contributed by atoms with E-state index in [2.05, 4.69) is 17.6 Å². The lowest BCUT2D eigenvalue weighted by molar-refractivity contribution is 0.863. The third-order valence-electron chi connectivity index (χ3n) is 2.24. The van der Waals surface area contributed by atoms with E-state index in [1.807, 2.05) is 11.3 Å². The Bertz CT molecular complexity index is 389. The summed E-state index contributed by atoms with van der Waals surface area (Å²) in [4.78, 5) is 12.9. The van der Waals surface area contributed by atoms with Crippen LogP contribution in [-0.4, -0.2) is 5.29 Å². The monoisotopic (exact) mass is 277 g/mol. The van der Waals surface area contributed by atoms with Crippen LogP contribution in [0.1, 0.15) is 28.2 Å². The van der Waals surface area contributed by atoms with Crippen molar-refractivity contribution >= 4 is 49.1 Å². The molecule has 82 valence electrons. The molecule has 0 aliphatic heterocycles. The number of nitroso groups, excluding NO2 is 1. The normalized spacial score (nSPS) is 17.0. The first kappa shape index (κ1) is 13.2. The van der Waals surface area contributed by atoms with Gasteiger partial charge in [-0.1, -0.05) is 0 Å². The molecule has 1 aliphatic rings. The molecule has 0 saturated carbocycles. The third kappa shape index (κ3) is 3.06. The Labute approximate surface area is 106 Å². The zero-order valence-electron chi connectivity index (χ0n) is 8.32. The average molecular weight is 277 g/mol. The average Bonchev–Trinajstić information content (AvgIpc) is 2.55. The van der Waals surface area contributed by atoms with Gasteiger partial charge in [-0.05, 0) is 50.5 Å². The molecule has 15 heavy (non-hydrogen) atoms. The van der Waals surface area contributed by atoms with Crippen LogP contribution in [0, 0.1) is 11.8 Å². The largest absolute Gasteiger partial charge is 0.197 e. The van der Waals surface area contributed by atoms with Crippen LogP contribution in [0.2, 0.25) is 0 Å². The highest BCUT2D eigenvalue weighted by atomic mass is 32.7. The number of rotatable bonds is 2. The van der Waals surface area contributed by atoms with E-state index < -0.39 is 0 Å². The van der Waals surface area contributed by atoms with Gasteiger partial charge in [0, 0.05) is 14.3 Å². The summed E-state index contributed by atoms with van der Waals surface area (Å²) < 4.78 is 2.85. The van der Waals surface area contributed by atoms with Gasteiger partial charge in [-0.15, -0.1) is 16.2 Å². The smallest absolute Gasteiger partial charge is 0.0806 e. The first-order valence-electron chi connectivity index (χ1n) is 4.46. The molecule has 0 aromatic carbocycles. The summed E-state index contributed by atoms with van der Waals surface area (Å²) in [6.07, 6.45) is 3.54. The summed E-state index contributed by atoms with van der Waals surface area (Å²) >= 11 is 2.98. The van der Waals surface area contributed by atoms with Gasteiger partial charge in [0.25, 0.3) is 0 Å². The first-order chi connectivity index (χ1) is 6.81. The van der Waals surface area contributed by atoms with Crippen molar-refractivity contribution in [1.82, 2.24) is 0 Å². The zero-order chi connectivity index (χ0) is 9.97. The summed E-state index contributed by atoms with van der Waals surface area (Å²) in [7, 11) is 1.02. The second-order valence-corrected chi connectivity index (χ2v) is 6.65. The standard InChI is InChI=1S/C9H10NOPS2.H2S/c1-6-5-7-8(12-14-10-11)3-2-4-9(7)13-6;/h5H,2-4H2,1H3;1H2. The van der Waals surface area contributed by atoms with E-state index in [1.165, 1.54) is 33.5 Å². The second-order valence-electron chi connectivity index (χ2n) is 3.24. The Hall–Kier alpha value is 0.170. The Balaban J connectivity index is 0.00000112. The van der Waals surface area contributed by atoms with Gasteiger partial charge in [-0.25, -0.2) is 0 Å². The molecule has 0 saturated heterocycles. The molecule has 0 amide bonds. The van der Waals surface area contributed by atoms with Gasteiger partial charge in [0.1, 0.15) is 0 Å². The van der Waals surface area contributed by atoms with Gasteiger partial charge in [0.15, 0.2) is 0 Å². The maximum Gasteiger partial charge on any atom is 0.0806 e. The molecular weight excluding hydrogens is 265 g/mol.